The van der Waals surface area contributed by atoms with Gasteiger partial charge in [0.1, 0.15) is 11.6 Å². The van der Waals surface area contributed by atoms with Crippen LogP contribution >= 0.6 is 15.9 Å². The first-order valence-electron chi connectivity index (χ1n) is 7.65. The highest BCUT2D eigenvalue weighted by atomic mass is 79.9. The molecule has 1 saturated heterocycles. The van der Waals surface area contributed by atoms with Crippen molar-refractivity contribution in [2.45, 2.75) is 18.9 Å². The quantitative estimate of drug-likeness (QED) is 0.858. The lowest BCUT2D eigenvalue weighted by atomic mass is 10.1. The van der Waals surface area contributed by atoms with Crippen molar-refractivity contribution in [1.82, 2.24) is 10.2 Å². The summed E-state index contributed by atoms with van der Waals surface area (Å²) < 4.78 is 19.5. The second kappa shape index (κ2) is 7.27. The maximum absolute atomic E-state index is 13.4. The summed E-state index contributed by atoms with van der Waals surface area (Å²) in [6.07, 6.45) is 3.95. The van der Waals surface area contributed by atoms with E-state index in [1.807, 2.05) is 12.1 Å². The van der Waals surface area contributed by atoms with Gasteiger partial charge in [-0.05, 0) is 56.3 Å². The molecule has 3 rings (SSSR count). The number of carbonyl (C=O) groups excluding carboxylic acids is 1. The lowest BCUT2D eigenvalue weighted by molar-refractivity contribution is 0.0933. The Kier molecular flexibility index (Phi) is 5.13. The van der Waals surface area contributed by atoms with E-state index in [1.54, 1.807) is 12.3 Å². The third kappa shape index (κ3) is 4.00. The average Bonchev–Trinajstić information content (AvgIpc) is 3.20. The van der Waals surface area contributed by atoms with Crippen LogP contribution in [-0.2, 0) is 0 Å². The Labute approximate surface area is 142 Å². The number of likely N-dealkylation sites (tertiary alicyclic amines) is 1. The molecule has 0 bridgehead atoms. The van der Waals surface area contributed by atoms with Gasteiger partial charge in [0.05, 0.1) is 12.3 Å². The number of rotatable bonds is 5. The summed E-state index contributed by atoms with van der Waals surface area (Å²) in [6, 6.07) is 7.95. The van der Waals surface area contributed by atoms with E-state index in [9.17, 15) is 9.18 Å². The number of benzene rings is 1. The van der Waals surface area contributed by atoms with Crippen molar-refractivity contribution >= 4 is 21.8 Å². The van der Waals surface area contributed by atoms with E-state index in [4.69, 9.17) is 4.42 Å². The maximum atomic E-state index is 13.4. The second-order valence-corrected chi connectivity index (χ2v) is 6.56. The molecular weight excluding hydrogens is 363 g/mol. The molecule has 0 aliphatic carbocycles. The number of hydrogen-bond acceptors (Lipinski definition) is 3. The molecule has 6 heteroatoms. The second-order valence-electron chi connectivity index (χ2n) is 5.64. The minimum atomic E-state index is -0.438. The Bertz CT molecular complexity index is 649. The number of carbonyl (C=O) groups is 1. The number of halogens is 2. The number of amides is 1. The fourth-order valence-corrected chi connectivity index (χ4v) is 3.39. The lowest BCUT2D eigenvalue weighted by Crippen LogP contribution is -2.36. The molecule has 1 aliphatic heterocycles. The molecule has 2 aromatic rings. The third-order valence-electron chi connectivity index (χ3n) is 4.03. The van der Waals surface area contributed by atoms with E-state index in [2.05, 4.69) is 26.1 Å². The molecule has 0 radical (unpaired) electrons. The fraction of sp³-hybridized carbons (Fsp3) is 0.353. The van der Waals surface area contributed by atoms with Crippen LogP contribution < -0.4 is 5.32 Å². The molecule has 4 nitrogen and oxygen atoms in total. The van der Waals surface area contributed by atoms with Crippen LogP contribution in [0.3, 0.4) is 0 Å². The molecule has 1 N–H and O–H groups in total. The van der Waals surface area contributed by atoms with E-state index in [1.165, 1.54) is 12.1 Å². The number of furan rings is 1. The smallest absolute Gasteiger partial charge is 0.251 e. The fourth-order valence-electron chi connectivity index (χ4n) is 2.92. The van der Waals surface area contributed by atoms with Gasteiger partial charge in [0.25, 0.3) is 5.91 Å². The Morgan fingerprint density at radius 2 is 2.13 bits per heavy atom. The Hall–Kier alpha value is -1.66. The van der Waals surface area contributed by atoms with Crippen molar-refractivity contribution in [2.75, 3.05) is 19.6 Å². The van der Waals surface area contributed by atoms with Gasteiger partial charge >= 0.3 is 0 Å². The van der Waals surface area contributed by atoms with Crippen molar-refractivity contribution in [3.05, 3.63) is 58.2 Å². The summed E-state index contributed by atoms with van der Waals surface area (Å²) in [6.45, 7) is 2.42. The molecule has 1 atom stereocenters. The van der Waals surface area contributed by atoms with Crippen LogP contribution in [0.5, 0.6) is 0 Å². The van der Waals surface area contributed by atoms with Crippen LogP contribution in [0.15, 0.2) is 45.5 Å². The molecule has 1 aliphatic rings. The Morgan fingerprint density at radius 3 is 2.78 bits per heavy atom. The summed E-state index contributed by atoms with van der Waals surface area (Å²) in [5.74, 6) is 0.111. The number of hydrogen-bond donors (Lipinski definition) is 1. The van der Waals surface area contributed by atoms with E-state index in [0.717, 1.165) is 31.7 Å². The van der Waals surface area contributed by atoms with Gasteiger partial charge in [-0.2, -0.15) is 0 Å². The molecule has 2 heterocycles. The number of nitrogens with one attached hydrogen (secondary N) is 1. The van der Waals surface area contributed by atoms with Crippen molar-refractivity contribution in [3.8, 4) is 0 Å². The molecule has 1 aromatic carbocycles. The van der Waals surface area contributed by atoms with E-state index < -0.39 is 5.82 Å². The summed E-state index contributed by atoms with van der Waals surface area (Å²) >= 11 is 3.20. The molecule has 1 aromatic heterocycles. The normalized spacial score (nSPS) is 16.4. The molecule has 0 saturated carbocycles. The highest BCUT2D eigenvalue weighted by Crippen LogP contribution is 2.25. The van der Waals surface area contributed by atoms with Crippen LogP contribution in [-0.4, -0.2) is 30.4 Å². The van der Waals surface area contributed by atoms with E-state index >= 15 is 0 Å². The molecule has 0 spiro atoms. The van der Waals surface area contributed by atoms with Crippen molar-refractivity contribution in [2.24, 2.45) is 0 Å². The topological polar surface area (TPSA) is 45.5 Å². The van der Waals surface area contributed by atoms with Crippen molar-refractivity contribution in [1.29, 1.82) is 0 Å². The zero-order valence-corrected chi connectivity index (χ0v) is 14.2. The molecule has 23 heavy (non-hydrogen) atoms. The minimum Gasteiger partial charge on any atom is -0.468 e. The highest BCUT2D eigenvalue weighted by molar-refractivity contribution is 9.10. The SMILES string of the molecule is O=C(NCC(c1ccco1)N1CCCC1)c1cc(F)cc(Br)c1. The summed E-state index contributed by atoms with van der Waals surface area (Å²) in [7, 11) is 0. The molecule has 1 amide bonds. The predicted molar refractivity (Wildman–Crippen MR) is 88.7 cm³/mol. The van der Waals surface area contributed by atoms with Gasteiger partial charge in [-0.3, -0.25) is 9.69 Å². The van der Waals surface area contributed by atoms with Crippen LogP contribution in [0.25, 0.3) is 0 Å². The maximum Gasteiger partial charge on any atom is 0.251 e. The van der Waals surface area contributed by atoms with Gasteiger partial charge in [0, 0.05) is 16.6 Å². The standard InChI is InChI=1S/C17H18BrFN2O2/c18-13-8-12(9-14(19)10-13)17(22)20-11-15(16-4-3-7-23-16)21-5-1-2-6-21/h3-4,7-10,15H,1-2,5-6,11H2,(H,20,22). The molecule has 122 valence electrons. The summed E-state index contributed by atoms with van der Waals surface area (Å²) in [5, 5.41) is 2.89. The molecule has 1 unspecified atom stereocenters. The van der Waals surface area contributed by atoms with Crippen LogP contribution in [0, 0.1) is 5.82 Å². The zero-order chi connectivity index (χ0) is 16.2. The summed E-state index contributed by atoms with van der Waals surface area (Å²) in [4.78, 5) is 14.6. The van der Waals surface area contributed by atoms with Gasteiger partial charge in [0.2, 0.25) is 0 Å². The van der Waals surface area contributed by atoms with Crippen molar-refractivity contribution < 1.29 is 13.6 Å². The Morgan fingerprint density at radius 1 is 1.35 bits per heavy atom. The van der Waals surface area contributed by atoms with Crippen LogP contribution in [0.4, 0.5) is 4.39 Å². The van der Waals surface area contributed by atoms with Gasteiger partial charge < -0.3 is 9.73 Å². The first-order chi connectivity index (χ1) is 11.1. The molecule has 1 fully saturated rings. The van der Waals surface area contributed by atoms with Gasteiger partial charge in [0.15, 0.2) is 0 Å². The predicted octanol–water partition coefficient (Wildman–Crippen LogP) is 3.75. The van der Waals surface area contributed by atoms with Crippen LogP contribution in [0.2, 0.25) is 0 Å². The minimum absolute atomic E-state index is 0.00782. The Balaban J connectivity index is 1.69. The largest absolute Gasteiger partial charge is 0.468 e. The first-order valence-corrected chi connectivity index (χ1v) is 8.44. The zero-order valence-electron chi connectivity index (χ0n) is 12.6. The van der Waals surface area contributed by atoms with E-state index in [-0.39, 0.29) is 11.9 Å². The van der Waals surface area contributed by atoms with Gasteiger partial charge in [-0.15, -0.1) is 0 Å². The summed E-state index contributed by atoms with van der Waals surface area (Å²) in [5.41, 5.74) is 0.302. The van der Waals surface area contributed by atoms with Gasteiger partial charge in [-0.25, -0.2) is 4.39 Å². The highest BCUT2D eigenvalue weighted by Gasteiger charge is 2.26. The van der Waals surface area contributed by atoms with E-state index in [0.29, 0.717) is 16.6 Å². The molecular formula is C17H18BrFN2O2. The number of nitrogens with zero attached hydrogens (tertiary/aromatic N) is 1. The monoisotopic (exact) mass is 380 g/mol. The van der Waals surface area contributed by atoms with Crippen LogP contribution in [0.1, 0.15) is 35.0 Å². The van der Waals surface area contributed by atoms with Gasteiger partial charge in [-0.1, -0.05) is 15.9 Å². The third-order valence-corrected chi connectivity index (χ3v) is 4.49. The first kappa shape index (κ1) is 16.2. The average molecular weight is 381 g/mol. The lowest BCUT2D eigenvalue weighted by Gasteiger charge is -2.26. The van der Waals surface area contributed by atoms with Crippen molar-refractivity contribution in [3.63, 3.8) is 0 Å².